The number of carbonyl (C=O) groups excluding carboxylic acids is 1. The Morgan fingerprint density at radius 1 is 1.13 bits per heavy atom. The molecule has 23 heavy (non-hydrogen) atoms. The van der Waals surface area contributed by atoms with Crippen molar-refractivity contribution in [3.8, 4) is 5.75 Å². The highest BCUT2D eigenvalue weighted by Gasteiger charge is 2.09. The number of nitrogens with one attached hydrogen (secondary N) is 2. The molecule has 2 aromatic carbocycles. The van der Waals surface area contributed by atoms with Crippen molar-refractivity contribution in [2.75, 3.05) is 20.2 Å². The summed E-state index contributed by atoms with van der Waals surface area (Å²) in [6.07, 6.45) is 0.650. The fourth-order valence-electron chi connectivity index (χ4n) is 2.64. The molecule has 0 saturated carbocycles. The predicted octanol–water partition coefficient (Wildman–Crippen LogP) is 3.46. The van der Waals surface area contributed by atoms with Crippen LogP contribution in [0.2, 0.25) is 0 Å². The number of furan rings is 1. The molecule has 0 aliphatic heterocycles. The second-order valence-electron chi connectivity index (χ2n) is 5.31. The summed E-state index contributed by atoms with van der Waals surface area (Å²) < 4.78 is 11.2. The number of methoxy groups -OCH3 is 1. The Kier molecular flexibility index (Phi) is 4.37. The second kappa shape index (κ2) is 6.60. The summed E-state index contributed by atoms with van der Waals surface area (Å²) in [6.45, 7) is 3.04. The Morgan fingerprint density at radius 2 is 1.96 bits per heavy atom. The number of benzene rings is 2. The molecule has 1 aromatic heterocycles. The standard InChI is InChI=1S/C18H20N2O3/c1-3-19-18(21)20-9-8-14-11-16-15-10-13(22-2)6-4-12(15)5-7-17(16)23-14/h4-7,10-11H,3,8-9H2,1-2H3,(H2,19,20,21). The van der Waals surface area contributed by atoms with Gasteiger partial charge in [0.2, 0.25) is 0 Å². The highest BCUT2D eigenvalue weighted by Crippen LogP contribution is 2.30. The molecule has 5 nitrogen and oxygen atoms in total. The molecule has 0 aliphatic carbocycles. The van der Waals surface area contributed by atoms with Gasteiger partial charge in [-0.25, -0.2) is 4.79 Å². The van der Waals surface area contributed by atoms with Crippen LogP contribution in [0.3, 0.4) is 0 Å². The van der Waals surface area contributed by atoms with E-state index in [0.717, 1.165) is 33.3 Å². The summed E-state index contributed by atoms with van der Waals surface area (Å²) >= 11 is 0. The van der Waals surface area contributed by atoms with Gasteiger partial charge in [-0.3, -0.25) is 0 Å². The first-order valence-electron chi connectivity index (χ1n) is 7.72. The number of rotatable bonds is 5. The van der Waals surface area contributed by atoms with Crippen molar-refractivity contribution in [2.45, 2.75) is 13.3 Å². The van der Waals surface area contributed by atoms with E-state index in [4.69, 9.17) is 9.15 Å². The lowest BCUT2D eigenvalue weighted by molar-refractivity contribution is 0.241. The third kappa shape index (κ3) is 3.23. The van der Waals surface area contributed by atoms with Gasteiger partial charge in [0.05, 0.1) is 7.11 Å². The normalized spacial score (nSPS) is 10.9. The van der Waals surface area contributed by atoms with E-state index in [1.54, 1.807) is 7.11 Å². The number of amides is 2. The summed E-state index contributed by atoms with van der Waals surface area (Å²) in [4.78, 5) is 11.4. The van der Waals surface area contributed by atoms with Crippen molar-refractivity contribution in [3.05, 3.63) is 42.2 Å². The second-order valence-corrected chi connectivity index (χ2v) is 5.31. The monoisotopic (exact) mass is 312 g/mol. The molecule has 0 aliphatic rings. The molecule has 0 bridgehead atoms. The molecule has 0 saturated heterocycles. The summed E-state index contributed by atoms with van der Waals surface area (Å²) in [6, 6.07) is 11.9. The number of carbonyl (C=O) groups is 1. The largest absolute Gasteiger partial charge is 0.497 e. The van der Waals surface area contributed by atoms with Crippen LogP contribution >= 0.6 is 0 Å². The molecule has 5 heteroatoms. The van der Waals surface area contributed by atoms with E-state index in [-0.39, 0.29) is 6.03 Å². The molecule has 3 rings (SSSR count). The number of hydrogen-bond donors (Lipinski definition) is 2. The lowest BCUT2D eigenvalue weighted by atomic mass is 10.1. The molecule has 0 radical (unpaired) electrons. The Labute approximate surface area is 134 Å². The Hall–Kier alpha value is -2.69. The lowest BCUT2D eigenvalue weighted by Gasteiger charge is -2.03. The predicted molar refractivity (Wildman–Crippen MR) is 91.1 cm³/mol. The molecule has 3 aromatic rings. The number of urea groups is 1. The van der Waals surface area contributed by atoms with E-state index in [0.29, 0.717) is 19.5 Å². The fourth-order valence-corrected chi connectivity index (χ4v) is 2.64. The van der Waals surface area contributed by atoms with Gasteiger partial charge in [0.15, 0.2) is 0 Å². The summed E-state index contributed by atoms with van der Waals surface area (Å²) in [5.74, 6) is 1.68. The van der Waals surface area contributed by atoms with Gasteiger partial charge in [-0.05, 0) is 42.0 Å². The van der Waals surface area contributed by atoms with Gasteiger partial charge in [0.25, 0.3) is 0 Å². The van der Waals surface area contributed by atoms with Crippen LogP contribution in [-0.4, -0.2) is 26.2 Å². The van der Waals surface area contributed by atoms with Crippen LogP contribution in [-0.2, 0) is 6.42 Å². The average Bonchev–Trinajstić information content (AvgIpc) is 2.98. The minimum absolute atomic E-state index is 0.154. The van der Waals surface area contributed by atoms with Crippen LogP contribution in [0.25, 0.3) is 21.7 Å². The van der Waals surface area contributed by atoms with E-state index >= 15 is 0 Å². The maximum atomic E-state index is 11.4. The maximum Gasteiger partial charge on any atom is 0.314 e. The van der Waals surface area contributed by atoms with Crippen LogP contribution in [0.15, 0.2) is 40.8 Å². The highest BCUT2D eigenvalue weighted by molar-refractivity contribution is 6.06. The zero-order chi connectivity index (χ0) is 16.2. The highest BCUT2D eigenvalue weighted by atomic mass is 16.5. The zero-order valence-electron chi connectivity index (χ0n) is 13.3. The van der Waals surface area contributed by atoms with Gasteiger partial charge in [-0.1, -0.05) is 12.1 Å². The van der Waals surface area contributed by atoms with Gasteiger partial charge in [0.1, 0.15) is 17.1 Å². The SMILES string of the molecule is CCNC(=O)NCCc1cc2c(ccc3ccc(OC)cc32)o1. The summed E-state index contributed by atoms with van der Waals surface area (Å²) in [5, 5.41) is 8.82. The van der Waals surface area contributed by atoms with Crippen molar-refractivity contribution in [3.63, 3.8) is 0 Å². The van der Waals surface area contributed by atoms with E-state index in [9.17, 15) is 4.79 Å². The maximum absolute atomic E-state index is 11.4. The molecule has 0 unspecified atom stereocenters. The smallest absolute Gasteiger partial charge is 0.314 e. The van der Waals surface area contributed by atoms with Gasteiger partial charge < -0.3 is 19.8 Å². The van der Waals surface area contributed by atoms with Gasteiger partial charge in [0, 0.05) is 24.9 Å². The van der Waals surface area contributed by atoms with Crippen molar-refractivity contribution in [2.24, 2.45) is 0 Å². The van der Waals surface area contributed by atoms with Crippen LogP contribution in [0.1, 0.15) is 12.7 Å². The van der Waals surface area contributed by atoms with E-state index < -0.39 is 0 Å². The topological polar surface area (TPSA) is 63.5 Å². The zero-order valence-corrected chi connectivity index (χ0v) is 13.3. The number of fused-ring (bicyclic) bond motifs is 3. The number of hydrogen-bond acceptors (Lipinski definition) is 3. The first kappa shape index (κ1) is 15.2. The molecule has 0 atom stereocenters. The summed E-state index contributed by atoms with van der Waals surface area (Å²) in [7, 11) is 1.66. The van der Waals surface area contributed by atoms with Crippen molar-refractivity contribution < 1.29 is 13.9 Å². The first-order chi connectivity index (χ1) is 11.2. The minimum atomic E-state index is -0.154. The van der Waals surface area contributed by atoms with E-state index in [1.807, 2.05) is 43.3 Å². The average molecular weight is 312 g/mol. The van der Waals surface area contributed by atoms with E-state index in [1.165, 1.54) is 0 Å². The lowest BCUT2D eigenvalue weighted by Crippen LogP contribution is -2.36. The molecule has 0 fully saturated rings. The van der Waals surface area contributed by atoms with Gasteiger partial charge in [-0.2, -0.15) is 0 Å². The fraction of sp³-hybridized carbons (Fsp3) is 0.278. The van der Waals surface area contributed by atoms with Crippen molar-refractivity contribution >= 4 is 27.8 Å². The third-order valence-electron chi connectivity index (χ3n) is 3.77. The Bertz CT molecular complexity index is 839. The van der Waals surface area contributed by atoms with Gasteiger partial charge in [-0.15, -0.1) is 0 Å². The molecule has 1 heterocycles. The summed E-state index contributed by atoms with van der Waals surface area (Å²) in [5.41, 5.74) is 0.846. The van der Waals surface area contributed by atoms with Crippen LogP contribution in [0, 0.1) is 0 Å². The Balaban J connectivity index is 1.83. The van der Waals surface area contributed by atoms with Crippen LogP contribution < -0.4 is 15.4 Å². The molecule has 2 amide bonds. The third-order valence-corrected chi connectivity index (χ3v) is 3.77. The molecular weight excluding hydrogens is 292 g/mol. The van der Waals surface area contributed by atoms with Crippen molar-refractivity contribution in [1.29, 1.82) is 0 Å². The molecule has 120 valence electrons. The van der Waals surface area contributed by atoms with Crippen molar-refractivity contribution in [1.82, 2.24) is 10.6 Å². The Morgan fingerprint density at radius 3 is 2.74 bits per heavy atom. The molecule has 2 N–H and O–H groups in total. The molecular formula is C18H20N2O3. The quantitative estimate of drug-likeness (QED) is 0.758. The number of ether oxygens (including phenoxy) is 1. The first-order valence-corrected chi connectivity index (χ1v) is 7.72. The van der Waals surface area contributed by atoms with Crippen LogP contribution in [0.5, 0.6) is 5.75 Å². The van der Waals surface area contributed by atoms with Crippen LogP contribution in [0.4, 0.5) is 4.79 Å². The minimum Gasteiger partial charge on any atom is -0.497 e. The molecule has 0 spiro atoms. The van der Waals surface area contributed by atoms with E-state index in [2.05, 4.69) is 10.6 Å². The van der Waals surface area contributed by atoms with Gasteiger partial charge >= 0.3 is 6.03 Å².